The number of phosphoric ester groups is 1. The molecule has 1 N–H and O–H groups in total. The van der Waals surface area contributed by atoms with Gasteiger partial charge in [0.15, 0.2) is 0 Å². The minimum Gasteiger partial charge on any atom is -0.756 e. The Bertz CT molecular complexity index is 195. The Morgan fingerprint density at radius 2 is 2.00 bits per heavy atom. The Labute approximate surface area is 79.2 Å². The Hall–Kier alpha value is 0.0700. The van der Waals surface area contributed by atoms with Gasteiger partial charge < -0.3 is 18.8 Å². The van der Waals surface area contributed by atoms with Crippen molar-refractivity contribution in [3.05, 3.63) is 0 Å². The molecule has 0 aromatic carbocycles. The van der Waals surface area contributed by atoms with Crippen LogP contribution in [0.2, 0.25) is 0 Å². The number of phosphoric acid groups is 1. The third-order valence-corrected chi connectivity index (χ3v) is 2.05. The molecule has 0 spiro atoms. The Morgan fingerprint density at radius 1 is 1.54 bits per heavy atom. The molecule has 0 radical (unpaired) electrons. The standard InChI is InChI=1S/C7H18NO4P/c1-5-7(6-8(2,3)4)12-13(9,10)11/h7H,5-6H2,1-4H3,(H-,9,10,11). The van der Waals surface area contributed by atoms with Crippen molar-refractivity contribution in [1.29, 1.82) is 0 Å². The van der Waals surface area contributed by atoms with Crippen molar-refractivity contribution < 1.29 is 23.4 Å². The Morgan fingerprint density at radius 3 is 2.23 bits per heavy atom. The highest BCUT2D eigenvalue weighted by atomic mass is 31.2. The second-order valence-corrected chi connectivity index (χ2v) is 5.23. The zero-order valence-corrected chi connectivity index (χ0v) is 9.45. The topological polar surface area (TPSA) is 69.6 Å². The summed E-state index contributed by atoms with van der Waals surface area (Å²) in [5, 5.41) is 0. The lowest BCUT2D eigenvalue weighted by molar-refractivity contribution is -0.873. The summed E-state index contributed by atoms with van der Waals surface area (Å²) in [5.74, 6) is 0. The van der Waals surface area contributed by atoms with Crippen LogP contribution in [0.3, 0.4) is 0 Å². The van der Waals surface area contributed by atoms with E-state index in [1.807, 2.05) is 28.1 Å². The SMILES string of the molecule is CCC(C[N+](C)(C)C)OP(=O)([O-])O. The maximum Gasteiger partial charge on any atom is 0.265 e. The monoisotopic (exact) mass is 211 g/mol. The Kier molecular flexibility index (Phi) is 4.55. The van der Waals surface area contributed by atoms with E-state index in [1.54, 1.807) is 0 Å². The fraction of sp³-hybridized carbons (Fsp3) is 1.00. The fourth-order valence-corrected chi connectivity index (χ4v) is 1.63. The normalized spacial score (nSPS) is 19.5. The predicted molar refractivity (Wildman–Crippen MR) is 47.9 cm³/mol. The summed E-state index contributed by atoms with van der Waals surface area (Å²) in [6, 6.07) is 0. The lowest BCUT2D eigenvalue weighted by Crippen LogP contribution is -2.42. The number of hydrogen-bond donors (Lipinski definition) is 1. The van der Waals surface area contributed by atoms with Gasteiger partial charge in [0.1, 0.15) is 12.6 Å². The van der Waals surface area contributed by atoms with Crippen LogP contribution in [0, 0.1) is 0 Å². The van der Waals surface area contributed by atoms with Gasteiger partial charge in [-0.1, -0.05) is 6.92 Å². The molecule has 0 saturated heterocycles. The first-order valence-corrected chi connectivity index (χ1v) is 5.66. The van der Waals surface area contributed by atoms with Crippen molar-refractivity contribution in [3.8, 4) is 0 Å². The molecule has 0 fully saturated rings. The third kappa shape index (κ3) is 8.40. The molecule has 13 heavy (non-hydrogen) atoms. The van der Waals surface area contributed by atoms with Crippen LogP contribution in [0.1, 0.15) is 13.3 Å². The van der Waals surface area contributed by atoms with Crippen molar-refractivity contribution in [3.63, 3.8) is 0 Å². The summed E-state index contributed by atoms with van der Waals surface area (Å²) in [6.45, 7) is 2.36. The van der Waals surface area contributed by atoms with Crippen LogP contribution >= 0.6 is 7.82 Å². The van der Waals surface area contributed by atoms with E-state index in [9.17, 15) is 9.46 Å². The van der Waals surface area contributed by atoms with E-state index in [4.69, 9.17) is 4.89 Å². The first-order valence-electron chi connectivity index (χ1n) is 4.16. The van der Waals surface area contributed by atoms with Crippen LogP contribution < -0.4 is 4.89 Å². The van der Waals surface area contributed by atoms with Crippen molar-refractivity contribution >= 4 is 7.82 Å². The van der Waals surface area contributed by atoms with E-state index in [0.717, 1.165) is 0 Å². The van der Waals surface area contributed by atoms with E-state index in [-0.39, 0.29) is 0 Å². The zero-order valence-electron chi connectivity index (χ0n) is 8.56. The van der Waals surface area contributed by atoms with Crippen molar-refractivity contribution in [2.24, 2.45) is 0 Å². The van der Waals surface area contributed by atoms with Crippen LogP contribution in [0.5, 0.6) is 0 Å². The average molecular weight is 211 g/mol. The quantitative estimate of drug-likeness (QED) is 0.511. The largest absolute Gasteiger partial charge is 0.756 e. The molecule has 0 aromatic heterocycles. The van der Waals surface area contributed by atoms with E-state index >= 15 is 0 Å². The van der Waals surface area contributed by atoms with Gasteiger partial charge in [-0.05, 0) is 6.42 Å². The summed E-state index contributed by atoms with van der Waals surface area (Å²) in [4.78, 5) is 18.9. The van der Waals surface area contributed by atoms with Crippen LogP contribution in [-0.4, -0.2) is 43.2 Å². The highest BCUT2D eigenvalue weighted by molar-refractivity contribution is 7.44. The minimum absolute atomic E-state index is 0.451. The molecule has 0 heterocycles. The lowest BCUT2D eigenvalue weighted by atomic mass is 10.2. The van der Waals surface area contributed by atoms with Gasteiger partial charge in [-0.2, -0.15) is 0 Å². The molecule has 0 aromatic rings. The van der Waals surface area contributed by atoms with Gasteiger partial charge in [0.25, 0.3) is 7.82 Å². The molecular weight excluding hydrogens is 193 g/mol. The first-order chi connectivity index (χ1) is 5.64. The maximum atomic E-state index is 10.4. The number of rotatable bonds is 5. The van der Waals surface area contributed by atoms with Crippen molar-refractivity contribution in [2.45, 2.75) is 19.4 Å². The molecule has 0 amide bonds. The van der Waals surface area contributed by atoms with Gasteiger partial charge in [-0.3, -0.25) is 4.57 Å². The number of likely N-dealkylation sites (N-methyl/N-ethyl adjacent to an activating group) is 1. The molecule has 0 rings (SSSR count). The van der Waals surface area contributed by atoms with E-state index in [2.05, 4.69) is 4.52 Å². The molecule has 6 heteroatoms. The van der Waals surface area contributed by atoms with Gasteiger partial charge in [-0.25, -0.2) is 0 Å². The van der Waals surface area contributed by atoms with Gasteiger partial charge in [0, 0.05) is 0 Å². The van der Waals surface area contributed by atoms with E-state index in [1.165, 1.54) is 0 Å². The fourth-order valence-electron chi connectivity index (χ4n) is 1.04. The Balaban J connectivity index is 4.13. The van der Waals surface area contributed by atoms with Crippen molar-refractivity contribution in [1.82, 2.24) is 0 Å². The second-order valence-electron chi connectivity index (χ2n) is 4.08. The molecule has 80 valence electrons. The van der Waals surface area contributed by atoms with Crippen LogP contribution in [0.4, 0.5) is 0 Å². The molecular formula is C7H18NO4P. The summed E-state index contributed by atoms with van der Waals surface area (Å²) < 4.78 is 15.5. The first kappa shape index (κ1) is 13.1. The molecule has 0 bridgehead atoms. The molecule has 0 saturated carbocycles. The summed E-state index contributed by atoms with van der Waals surface area (Å²) >= 11 is 0. The smallest absolute Gasteiger partial charge is 0.265 e. The van der Waals surface area contributed by atoms with Gasteiger partial charge in [-0.15, -0.1) is 0 Å². The van der Waals surface area contributed by atoms with Crippen molar-refractivity contribution in [2.75, 3.05) is 27.7 Å². The van der Waals surface area contributed by atoms with Gasteiger partial charge in [0.05, 0.1) is 21.1 Å². The summed E-state index contributed by atoms with van der Waals surface area (Å²) in [6.07, 6.45) is 0.107. The predicted octanol–water partition coefficient (Wildman–Crippen LogP) is -0.0515. The molecule has 2 atom stereocenters. The second kappa shape index (κ2) is 4.53. The van der Waals surface area contributed by atoms with Crippen LogP contribution in [-0.2, 0) is 9.09 Å². The molecule has 2 unspecified atom stereocenters. The highest BCUT2D eigenvalue weighted by Crippen LogP contribution is 2.33. The zero-order chi connectivity index (χ0) is 10.7. The number of nitrogens with zero attached hydrogens (tertiary/aromatic N) is 1. The highest BCUT2D eigenvalue weighted by Gasteiger charge is 2.20. The maximum absolute atomic E-state index is 10.4. The van der Waals surface area contributed by atoms with E-state index < -0.39 is 13.9 Å². The van der Waals surface area contributed by atoms with Gasteiger partial charge >= 0.3 is 0 Å². The number of quaternary nitrogens is 1. The molecule has 0 aliphatic rings. The molecule has 0 aliphatic carbocycles. The molecule has 5 nitrogen and oxygen atoms in total. The van der Waals surface area contributed by atoms with Crippen LogP contribution in [0.25, 0.3) is 0 Å². The third-order valence-electron chi connectivity index (χ3n) is 1.49. The average Bonchev–Trinajstić information content (AvgIpc) is 1.79. The van der Waals surface area contributed by atoms with Gasteiger partial charge in [0.2, 0.25) is 0 Å². The summed E-state index contributed by atoms with van der Waals surface area (Å²) in [7, 11) is 1.20. The summed E-state index contributed by atoms with van der Waals surface area (Å²) in [5.41, 5.74) is 0. The lowest BCUT2D eigenvalue weighted by Gasteiger charge is -2.30. The van der Waals surface area contributed by atoms with E-state index in [0.29, 0.717) is 17.4 Å². The minimum atomic E-state index is -4.58. The molecule has 0 aliphatic heterocycles. The van der Waals surface area contributed by atoms with Crippen LogP contribution in [0.15, 0.2) is 0 Å². The number of hydrogen-bond acceptors (Lipinski definition) is 3.